The monoisotopic (exact) mass is 250 g/mol. The Kier molecular flexibility index (Phi) is 2.90. The molecule has 0 amide bonds. The van der Waals surface area contributed by atoms with Gasteiger partial charge in [-0.25, -0.2) is 4.98 Å². The van der Waals surface area contributed by atoms with Crippen LogP contribution in [0.3, 0.4) is 0 Å². The van der Waals surface area contributed by atoms with Gasteiger partial charge in [0.15, 0.2) is 11.4 Å². The van der Waals surface area contributed by atoms with Crippen molar-refractivity contribution in [3.63, 3.8) is 0 Å². The van der Waals surface area contributed by atoms with Crippen molar-refractivity contribution in [3.05, 3.63) is 10.6 Å². The van der Waals surface area contributed by atoms with Gasteiger partial charge in [-0.15, -0.1) is 0 Å². The topological polar surface area (TPSA) is 33.2 Å². The Morgan fingerprint density at radius 2 is 2.18 bits per heavy atom. The highest BCUT2D eigenvalue weighted by molar-refractivity contribution is 7.17. The van der Waals surface area contributed by atoms with E-state index < -0.39 is 0 Å². The molecule has 2 aliphatic rings. The molecule has 2 saturated carbocycles. The summed E-state index contributed by atoms with van der Waals surface area (Å²) in [5.74, 6) is 1.41. The molecule has 0 N–H and O–H groups in total. The van der Waals surface area contributed by atoms with Crippen molar-refractivity contribution < 1.29 is 4.79 Å². The van der Waals surface area contributed by atoms with E-state index in [9.17, 15) is 4.79 Å². The second-order valence-electron chi connectivity index (χ2n) is 5.32. The molecule has 0 bridgehead atoms. The van der Waals surface area contributed by atoms with Gasteiger partial charge in [0.2, 0.25) is 0 Å². The molecule has 1 heterocycles. The van der Waals surface area contributed by atoms with E-state index in [1.54, 1.807) is 11.3 Å². The minimum atomic E-state index is 0.567. The summed E-state index contributed by atoms with van der Waals surface area (Å²) >= 11 is 1.56. The highest BCUT2D eigenvalue weighted by Crippen LogP contribution is 2.43. The van der Waals surface area contributed by atoms with Crippen molar-refractivity contribution in [1.82, 2.24) is 4.98 Å². The number of nitrogens with zero attached hydrogens (tertiary/aromatic N) is 2. The molecule has 3 nitrogen and oxygen atoms in total. The van der Waals surface area contributed by atoms with E-state index in [1.165, 1.54) is 32.1 Å². The first-order valence-corrected chi connectivity index (χ1v) is 7.26. The van der Waals surface area contributed by atoms with E-state index in [-0.39, 0.29) is 0 Å². The highest BCUT2D eigenvalue weighted by atomic mass is 32.1. The number of carbonyl (C=O) groups is 1. The van der Waals surface area contributed by atoms with Crippen molar-refractivity contribution in [3.8, 4) is 0 Å². The molecular weight excluding hydrogens is 232 g/mol. The molecule has 1 aromatic rings. The number of rotatable bonds is 5. The van der Waals surface area contributed by atoms with Crippen LogP contribution in [0.25, 0.3) is 0 Å². The lowest BCUT2D eigenvalue weighted by atomic mass is 9.85. The maximum absolute atomic E-state index is 11.0. The van der Waals surface area contributed by atoms with Crippen LogP contribution in [0.5, 0.6) is 0 Å². The van der Waals surface area contributed by atoms with Crippen LogP contribution < -0.4 is 4.90 Å². The average Bonchev–Trinajstić information content (AvgIpc) is 3.03. The molecule has 0 aromatic carbocycles. The van der Waals surface area contributed by atoms with Crippen molar-refractivity contribution in [2.45, 2.75) is 38.0 Å². The summed E-state index contributed by atoms with van der Waals surface area (Å²) in [6.07, 6.45) is 7.47. The lowest BCUT2D eigenvalue weighted by Crippen LogP contribution is -2.29. The van der Waals surface area contributed by atoms with Gasteiger partial charge in [-0.2, -0.15) is 0 Å². The van der Waals surface area contributed by atoms with Crippen molar-refractivity contribution in [2.24, 2.45) is 5.92 Å². The number of anilines is 1. The van der Waals surface area contributed by atoms with Gasteiger partial charge in [0.05, 0.1) is 10.6 Å². The summed E-state index contributed by atoms with van der Waals surface area (Å²) in [7, 11) is 2.10. The first-order valence-electron chi connectivity index (χ1n) is 6.45. The molecule has 3 rings (SSSR count). The van der Waals surface area contributed by atoms with E-state index in [1.807, 2.05) is 0 Å². The van der Waals surface area contributed by atoms with Crippen LogP contribution in [-0.4, -0.2) is 24.9 Å². The number of aromatic nitrogens is 1. The third-order valence-corrected chi connectivity index (χ3v) is 4.94. The van der Waals surface area contributed by atoms with Crippen LogP contribution in [0.15, 0.2) is 0 Å². The van der Waals surface area contributed by atoms with E-state index >= 15 is 0 Å². The average molecular weight is 250 g/mol. The maximum atomic E-state index is 11.0. The van der Waals surface area contributed by atoms with Crippen LogP contribution >= 0.6 is 11.3 Å². The molecule has 1 aromatic heterocycles. The van der Waals surface area contributed by atoms with Gasteiger partial charge >= 0.3 is 0 Å². The number of aldehydes is 1. The molecule has 0 aliphatic heterocycles. The molecule has 4 heteroatoms. The Morgan fingerprint density at radius 1 is 1.41 bits per heavy atom. The predicted octanol–water partition coefficient (Wildman–Crippen LogP) is 3.07. The molecular formula is C13H18N2OS. The molecule has 17 heavy (non-hydrogen) atoms. The zero-order valence-electron chi connectivity index (χ0n) is 10.2. The summed E-state index contributed by atoms with van der Waals surface area (Å²) in [5, 5.41) is 1.03. The fraction of sp³-hybridized carbons (Fsp3) is 0.692. The largest absolute Gasteiger partial charge is 0.351 e. The Bertz CT molecular complexity index is 421. The van der Waals surface area contributed by atoms with Crippen LogP contribution in [0.2, 0.25) is 0 Å². The first kappa shape index (κ1) is 11.2. The minimum Gasteiger partial charge on any atom is -0.351 e. The molecule has 0 spiro atoms. The van der Waals surface area contributed by atoms with E-state index in [0.717, 1.165) is 34.5 Å². The van der Waals surface area contributed by atoms with Crippen molar-refractivity contribution in [2.75, 3.05) is 18.5 Å². The molecule has 92 valence electrons. The molecule has 0 saturated heterocycles. The van der Waals surface area contributed by atoms with Gasteiger partial charge in [0.25, 0.3) is 0 Å². The summed E-state index contributed by atoms with van der Waals surface area (Å²) in [5.41, 5.74) is 1.06. The van der Waals surface area contributed by atoms with Crippen LogP contribution in [-0.2, 0) is 0 Å². The van der Waals surface area contributed by atoms with Gasteiger partial charge in [0.1, 0.15) is 0 Å². The quantitative estimate of drug-likeness (QED) is 0.753. The van der Waals surface area contributed by atoms with Crippen molar-refractivity contribution >= 4 is 22.8 Å². The van der Waals surface area contributed by atoms with E-state index in [4.69, 9.17) is 0 Å². The third kappa shape index (κ3) is 2.23. The van der Waals surface area contributed by atoms with Crippen molar-refractivity contribution in [1.29, 1.82) is 0 Å². The zero-order valence-corrected chi connectivity index (χ0v) is 11.0. The summed E-state index contributed by atoms with van der Waals surface area (Å²) in [4.78, 5) is 18.8. The van der Waals surface area contributed by atoms with E-state index in [2.05, 4.69) is 16.9 Å². The van der Waals surface area contributed by atoms with Gasteiger partial charge < -0.3 is 4.90 Å². The summed E-state index contributed by atoms with van der Waals surface area (Å²) < 4.78 is 0. The first-order chi connectivity index (χ1) is 8.28. The standard InChI is InChI=1S/C13H18N2OS/c1-15(7-9-3-2-4-9)13-14-12(10-5-6-10)11(8-16)17-13/h8-10H,2-7H2,1H3. The summed E-state index contributed by atoms with van der Waals surface area (Å²) in [6.45, 7) is 1.09. The Hall–Kier alpha value is -0.900. The number of hydrogen-bond donors (Lipinski definition) is 0. The fourth-order valence-electron chi connectivity index (χ4n) is 2.37. The predicted molar refractivity (Wildman–Crippen MR) is 70.1 cm³/mol. The second-order valence-corrected chi connectivity index (χ2v) is 6.32. The van der Waals surface area contributed by atoms with Crippen LogP contribution in [0.4, 0.5) is 5.13 Å². The zero-order chi connectivity index (χ0) is 11.8. The SMILES string of the molecule is CN(CC1CCC1)c1nc(C2CC2)c(C=O)s1. The van der Waals surface area contributed by atoms with Gasteiger partial charge in [-0.05, 0) is 31.6 Å². The van der Waals surface area contributed by atoms with Crippen LogP contribution in [0, 0.1) is 5.92 Å². The number of hydrogen-bond acceptors (Lipinski definition) is 4. The molecule has 0 radical (unpaired) electrons. The Balaban J connectivity index is 1.74. The Labute approximate surface area is 106 Å². The lowest BCUT2D eigenvalue weighted by molar-refractivity contribution is 0.112. The van der Waals surface area contributed by atoms with E-state index in [0.29, 0.717) is 5.92 Å². The van der Waals surface area contributed by atoms with Gasteiger partial charge in [-0.3, -0.25) is 4.79 Å². The normalized spacial score (nSPS) is 20.1. The summed E-state index contributed by atoms with van der Waals surface area (Å²) in [6, 6.07) is 0. The second kappa shape index (κ2) is 4.41. The maximum Gasteiger partial charge on any atom is 0.185 e. The fourth-order valence-corrected chi connectivity index (χ4v) is 3.31. The highest BCUT2D eigenvalue weighted by Gasteiger charge is 2.30. The molecule has 0 atom stereocenters. The van der Waals surface area contributed by atoms with Gasteiger partial charge in [-0.1, -0.05) is 17.8 Å². The van der Waals surface area contributed by atoms with Gasteiger partial charge in [0, 0.05) is 19.5 Å². The van der Waals surface area contributed by atoms with Crippen LogP contribution in [0.1, 0.15) is 53.4 Å². The minimum absolute atomic E-state index is 0.567. The number of thiazole rings is 1. The smallest absolute Gasteiger partial charge is 0.185 e. The third-order valence-electron chi connectivity index (χ3n) is 3.82. The number of carbonyl (C=O) groups excluding carboxylic acids is 1. The molecule has 2 fully saturated rings. The lowest BCUT2D eigenvalue weighted by Gasteiger charge is -2.29. The molecule has 0 unspecified atom stereocenters. The molecule has 2 aliphatic carbocycles. The Morgan fingerprint density at radius 3 is 2.71 bits per heavy atom.